The van der Waals surface area contributed by atoms with Crippen LogP contribution in [0.4, 0.5) is 13.2 Å². The van der Waals surface area contributed by atoms with Crippen molar-refractivity contribution >= 4 is 0 Å². The summed E-state index contributed by atoms with van der Waals surface area (Å²) in [5.74, 6) is 0.0894. The van der Waals surface area contributed by atoms with E-state index in [4.69, 9.17) is 4.74 Å². The number of aryl methyl sites for hydroxylation is 1. The van der Waals surface area contributed by atoms with Crippen LogP contribution >= 0.6 is 0 Å². The largest absolute Gasteiger partial charge is 0.481 e. The van der Waals surface area contributed by atoms with Crippen LogP contribution in [0.5, 0.6) is 5.88 Å². The molecule has 0 amide bonds. The van der Waals surface area contributed by atoms with Crippen molar-refractivity contribution in [3.05, 3.63) is 23.5 Å². The van der Waals surface area contributed by atoms with Crippen LogP contribution in [-0.2, 0) is 19.8 Å². The van der Waals surface area contributed by atoms with Crippen LogP contribution in [0.3, 0.4) is 0 Å². The lowest BCUT2D eigenvalue weighted by molar-refractivity contribution is -0.142. The molecule has 1 aromatic heterocycles. The molecule has 0 unspecified atom stereocenters. The van der Waals surface area contributed by atoms with Gasteiger partial charge in [-0.05, 0) is 0 Å². The number of rotatable bonds is 4. The highest BCUT2D eigenvalue weighted by Gasteiger charge is 2.39. The highest BCUT2D eigenvalue weighted by molar-refractivity contribution is 5.34. The maximum Gasteiger partial charge on any atom is 0.435 e. The summed E-state index contributed by atoms with van der Waals surface area (Å²) in [4.78, 5) is 0. The van der Waals surface area contributed by atoms with E-state index in [1.54, 1.807) is 0 Å². The van der Waals surface area contributed by atoms with E-state index in [-0.39, 0.29) is 23.4 Å². The summed E-state index contributed by atoms with van der Waals surface area (Å²) in [6.45, 7) is 9.57. The first-order valence-corrected chi connectivity index (χ1v) is 6.08. The standard InChI is InChI=1S/C13H20F3N3O/c1-8(12(2,3)4)17-7-9-10(13(14,15)16)18-19(5)11(9)20-6/h17H,1,7H2,2-6H3. The van der Waals surface area contributed by atoms with Gasteiger partial charge in [-0.25, -0.2) is 4.68 Å². The predicted octanol–water partition coefficient (Wildman–Crippen LogP) is 3.10. The average molecular weight is 291 g/mol. The second-order valence-corrected chi connectivity index (χ2v) is 5.54. The topological polar surface area (TPSA) is 39.1 Å². The smallest absolute Gasteiger partial charge is 0.435 e. The van der Waals surface area contributed by atoms with E-state index >= 15 is 0 Å². The Morgan fingerprint density at radius 1 is 1.35 bits per heavy atom. The van der Waals surface area contributed by atoms with Crippen LogP contribution in [-0.4, -0.2) is 16.9 Å². The van der Waals surface area contributed by atoms with Crippen molar-refractivity contribution in [3.63, 3.8) is 0 Å². The SMILES string of the molecule is C=C(NCc1c(C(F)(F)F)nn(C)c1OC)C(C)(C)C. The summed E-state index contributed by atoms with van der Waals surface area (Å²) in [6.07, 6.45) is -4.52. The molecule has 0 aliphatic heterocycles. The molecular formula is C13H20F3N3O. The zero-order chi connectivity index (χ0) is 15.7. The third-order valence-corrected chi connectivity index (χ3v) is 2.93. The molecule has 114 valence electrons. The number of hydrogen-bond acceptors (Lipinski definition) is 3. The lowest BCUT2D eigenvalue weighted by atomic mass is 9.93. The third-order valence-electron chi connectivity index (χ3n) is 2.93. The first kappa shape index (κ1) is 16.4. The molecule has 0 aromatic carbocycles. The van der Waals surface area contributed by atoms with Crippen LogP contribution in [0.15, 0.2) is 12.3 Å². The molecule has 7 heteroatoms. The minimum absolute atomic E-state index is 0.0205. The first-order chi connectivity index (χ1) is 8.98. The van der Waals surface area contributed by atoms with Gasteiger partial charge in [0.2, 0.25) is 5.88 Å². The highest BCUT2D eigenvalue weighted by atomic mass is 19.4. The maximum atomic E-state index is 13.0. The second-order valence-electron chi connectivity index (χ2n) is 5.54. The summed E-state index contributed by atoms with van der Waals surface area (Å²) in [6, 6.07) is 0. The van der Waals surface area contributed by atoms with Crippen LogP contribution in [0.1, 0.15) is 32.0 Å². The van der Waals surface area contributed by atoms with Crippen molar-refractivity contribution in [2.75, 3.05) is 7.11 Å². The molecule has 0 bridgehead atoms. The monoisotopic (exact) mass is 291 g/mol. The van der Waals surface area contributed by atoms with E-state index in [0.717, 1.165) is 4.68 Å². The van der Waals surface area contributed by atoms with Gasteiger partial charge in [-0.2, -0.15) is 18.3 Å². The predicted molar refractivity (Wildman–Crippen MR) is 70.2 cm³/mol. The summed E-state index contributed by atoms with van der Waals surface area (Å²) >= 11 is 0. The number of ether oxygens (including phenoxy) is 1. The normalized spacial score (nSPS) is 12.4. The van der Waals surface area contributed by atoms with Gasteiger partial charge in [0.25, 0.3) is 0 Å². The zero-order valence-corrected chi connectivity index (χ0v) is 12.4. The fourth-order valence-electron chi connectivity index (χ4n) is 1.66. The first-order valence-electron chi connectivity index (χ1n) is 6.08. The van der Waals surface area contributed by atoms with E-state index < -0.39 is 11.9 Å². The van der Waals surface area contributed by atoms with E-state index in [1.807, 2.05) is 20.8 Å². The van der Waals surface area contributed by atoms with Crippen molar-refractivity contribution in [2.24, 2.45) is 12.5 Å². The summed E-state index contributed by atoms with van der Waals surface area (Å²) in [7, 11) is 2.73. The lowest BCUT2D eigenvalue weighted by Crippen LogP contribution is -2.24. The molecule has 1 aromatic rings. The Labute approximate surface area is 116 Å². The lowest BCUT2D eigenvalue weighted by Gasteiger charge is -2.23. The quantitative estimate of drug-likeness (QED) is 0.926. The molecular weight excluding hydrogens is 271 g/mol. The van der Waals surface area contributed by atoms with Crippen molar-refractivity contribution in [1.82, 2.24) is 15.1 Å². The molecule has 0 radical (unpaired) electrons. The minimum atomic E-state index is -4.52. The third kappa shape index (κ3) is 3.46. The Balaban J connectivity index is 3.07. The van der Waals surface area contributed by atoms with Gasteiger partial charge < -0.3 is 10.1 Å². The summed E-state index contributed by atoms with van der Waals surface area (Å²) in [5.41, 5.74) is -0.552. The number of halogens is 3. The molecule has 0 aliphatic carbocycles. The number of methoxy groups -OCH3 is 1. The molecule has 1 heterocycles. The number of allylic oxidation sites excluding steroid dienone is 1. The van der Waals surface area contributed by atoms with Gasteiger partial charge in [0.1, 0.15) is 0 Å². The van der Waals surface area contributed by atoms with Crippen LogP contribution < -0.4 is 10.1 Å². The fourth-order valence-corrected chi connectivity index (χ4v) is 1.66. The Bertz CT molecular complexity index is 498. The molecule has 0 saturated heterocycles. The van der Waals surface area contributed by atoms with Gasteiger partial charge in [-0.15, -0.1) is 0 Å². The number of nitrogens with one attached hydrogen (secondary N) is 1. The van der Waals surface area contributed by atoms with Crippen molar-refractivity contribution in [2.45, 2.75) is 33.5 Å². The maximum absolute atomic E-state index is 13.0. The van der Waals surface area contributed by atoms with Gasteiger partial charge >= 0.3 is 6.18 Å². The number of aromatic nitrogens is 2. The summed E-state index contributed by atoms with van der Waals surface area (Å²) < 4.78 is 44.9. The summed E-state index contributed by atoms with van der Waals surface area (Å²) in [5, 5.41) is 6.40. The molecule has 20 heavy (non-hydrogen) atoms. The van der Waals surface area contributed by atoms with Crippen LogP contribution in [0.2, 0.25) is 0 Å². The average Bonchev–Trinajstić information content (AvgIpc) is 2.60. The Hall–Kier alpha value is -1.66. The van der Waals surface area contributed by atoms with E-state index in [9.17, 15) is 13.2 Å². The fraction of sp³-hybridized carbons (Fsp3) is 0.615. The van der Waals surface area contributed by atoms with Gasteiger partial charge in [0.05, 0.1) is 12.7 Å². The van der Waals surface area contributed by atoms with Crippen molar-refractivity contribution in [1.29, 1.82) is 0 Å². The van der Waals surface area contributed by atoms with E-state index in [0.29, 0.717) is 5.70 Å². The van der Waals surface area contributed by atoms with Gasteiger partial charge in [-0.1, -0.05) is 27.4 Å². The Kier molecular flexibility index (Phi) is 4.41. The minimum Gasteiger partial charge on any atom is -0.481 e. The molecule has 1 N–H and O–H groups in total. The number of hydrogen-bond donors (Lipinski definition) is 1. The molecule has 1 rings (SSSR count). The molecule has 0 spiro atoms. The van der Waals surface area contributed by atoms with Crippen LogP contribution in [0, 0.1) is 5.41 Å². The second kappa shape index (κ2) is 5.38. The number of nitrogens with zero attached hydrogens (tertiary/aromatic N) is 2. The van der Waals surface area contributed by atoms with E-state index in [1.165, 1.54) is 14.2 Å². The van der Waals surface area contributed by atoms with Crippen LogP contribution in [0.25, 0.3) is 0 Å². The van der Waals surface area contributed by atoms with Gasteiger partial charge in [-0.3, -0.25) is 0 Å². The molecule has 0 atom stereocenters. The van der Waals surface area contributed by atoms with Gasteiger partial charge in [0.15, 0.2) is 5.69 Å². The zero-order valence-electron chi connectivity index (χ0n) is 12.4. The van der Waals surface area contributed by atoms with Crippen molar-refractivity contribution < 1.29 is 17.9 Å². The molecule has 4 nitrogen and oxygen atoms in total. The Morgan fingerprint density at radius 2 is 1.90 bits per heavy atom. The Morgan fingerprint density at radius 3 is 2.30 bits per heavy atom. The molecule has 0 fully saturated rings. The van der Waals surface area contributed by atoms with E-state index in [2.05, 4.69) is 17.0 Å². The van der Waals surface area contributed by atoms with Gasteiger partial charge in [0, 0.05) is 24.7 Å². The molecule has 0 saturated carbocycles. The highest BCUT2D eigenvalue weighted by Crippen LogP contribution is 2.35. The molecule has 0 aliphatic rings. The van der Waals surface area contributed by atoms with Crippen molar-refractivity contribution in [3.8, 4) is 5.88 Å². The number of alkyl halides is 3.